The molecule has 17 heavy (non-hydrogen) atoms. The van der Waals surface area contributed by atoms with E-state index in [1.807, 2.05) is 0 Å². The molecule has 0 aliphatic rings. The van der Waals surface area contributed by atoms with Gasteiger partial charge in [-0.25, -0.2) is 4.79 Å². The third-order valence-electron chi connectivity index (χ3n) is 2.08. The van der Waals surface area contributed by atoms with Crippen molar-refractivity contribution < 1.29 is 19.4 Å². The third-order valence-corrected chi connectivity index (χ3v) is 2.98. The molecule has 0 aliphatic carbocycles. The maximum absolute atomic E-state index is 10.7. The zero-order chi connectivity index (χ0) is 12.3. The number of rotatable bonds is 4. The molecule has 0 unspecified atom stereocenters. The minimum absolute atomic E-state index is 0.258. The highest BCUT2D eigenvalue weighted by atomic mass is 32.1. The second kappa shape index (κ2) is 4.88. The average molecular weight is 250 g/mol. The first-order valence-corrected chi connectivity index (χ1v) is 5.71. The van der Waals surface area contributed by atoms with Crippen molar-refractivity contribution in [2.45, 2.75) is 0 Å². The van der Waals surface area contributed by atoms with Gasteiger partial charge in [0.25, 0.3) is 0 Å². The Balaban J connectivity index is 2.11. The van der Waals surface area contributed by atoms with Gasteiger partial charge in [0.2, 0.25) is 0 Å². The summed E-state index contributed by atoms with van der Waals surface area (Å²) in [5, 5.41) is 10.4. The largest absolute Gasteiger partial charge is 0.497 e. The van der Waals surface area contributed by atoms with E-state index in [0.717, 1.165) is 17.1 Å². The summed E-state index contributed by atoms with van der Waals surface area (Å²) >= 11 is 1.14. The smallest absolute Gasteiger partial charge is 0.346 e. The number of hydrogen-bond donors (Lipinski definition) is 1. The topological polar surface area (TPSA) is 55.8 Å². The van der Waals surface area contributed by atoms with Crippen molar-refractivity contribution in [2.24, 2.45) is 0 Å². The number of ether oxygens (including phenoxy) is 2. The number of carboxylic acid groups (broad SMARTS) is 1. The Hall–Kier alpha value is -2.01. The predicted molar refractivity (Wildman–Crippen MR) is 64.3 cm³/mol. The fourth-order valence-electron chi connectivity index (χ4n) is 1.26. The Morgan fingerprint density at radius 3 is 2.35 bits per heavy atom. The lowest BCUT2D eigenvalue weighted by Crippen LogP contribution is -1.90. The molecule has 2 rings (SSSR count). The van der Waals surface area contributed by atoms with Crippen LogP contribution in [0, 0.1) is 0 Å². The van der Waals surface area contributed by atoms with Crippen molar-refractivity contribution >= 4 is 17.3 Å². The molecule has 0 radical (unpaired) electrons. The van der Waals surface area contributed by atoms with Gasteiger partial charge in [-0.05, 0) is 24.3 Å². The number of hydrogen-bond acceptors (Lipinski definition) is 4. The van der Waals surface area contributed by atoms with Gasteiger partial charge in [0.15, 0.2) is 0 Å². The van der Waals surface area contributed by atoms with Crippen molar-refractivity contribution in [3.05, 3.63) is 40.6 Å². The van der Waals surface area contributed by atoms with Crippen LogP contribution in [0.2, 0.25) is 0 Å². The summed E-state index contributed by atoms with van der Waals surface area (Å²) in [6.45, 7) is 0. The molecule has 1 aromatic carbocycles. The number of carboxylic acids is 1. The number of methoxy groups -OCH3 is 1. The first kappa shape index (κ1) is 11.5. The molecule has 1 N–H and O–H groups in total. The summed E-state index contributed by atoms with van der Waals surface area (Å²) in [6.07, 6.45) is 0. The second-order valence-corrected chi connectivity index (χ2v) is 4.14. The number of aromatic carboxylic acids is 1. The first-order valence-electron chi connectivity index (χ1n) is 4.83. The summed E-state index contributed by atoms with van der Waals surface area (Å²) in [5.74, 6) is 0.964. The van der Waals surface area contributed by atoms with E-state index in [-0.39, 0.29) is 4.88 Å². The molecule has 0 fully saturated rings. The van der Waals surface area contributed by atoms with Crippen LogP contribution in [-0.2, 0) is 0 Å². The molecule has 0 saturated heterocycles. The monoisotopic (exact) mass is 250 g/mol. The molecular formula is C12H10O4S. The van der Waals surface area contributed by atoms with Crippen molar-refractivity contribution in [1.29, 1.82) is 0 Å². The van der Waals surface area contributed by atoms with Crippen molar-refractivity contribution in [1.82, 2.24) is 0 Å². The van der Waals surface area contributed by atoms with E-state index in [2.05, 4.69) is 0 Å². The minimum Gasteiger partial charge on any atom is -0.497 e. The van der Waals surface area contributed by atoms with E-state index >= 15 is 0 Å². The predicted octanol–water partition coefficient (Wildman–Crippen LogP) is 3.25. The van der Waals surface area contributed by atoms with E-state index in [1.165, 1.54) is 6.07 Å². The number of thiophene rings is 1. The molecule has 2 aromatic rings. The molecule has 0 amide bonds. The number of carbonyl (C=O) groups is 1. The Morgan fingerprint density at radius 2 is 1.82 bits per heavy atom. The first-order chi connectivity index (χ1) is 8.19. The summed E-state index contributed by atoms with van der Waals surface area (Å²) in [5.41, 5.74) is 0. The van der Waals surface area contributed by atoms with Crippen LogP contribution in [0.5, 0.6) is 17.2 Å². The van der Waals surface area contributed by atoms with E-state index in [1.54, 1.807) is 36.8 Å². The summed E-state index contributed by atoms with van der Waals surface area (Å²) in [6, 6.07) is 8.57. The van der Waals surface area contributed by atoms with Crippen LogP contribution in [0.1, 0.15) is 9.67 Å². The second-order valence-electron chi connectivity index (χ2n) is 3.23. The van der Waals surface area contributed by atoms with Crippen molar-refractivity contribution in [3.8, 4) is 17.2 Å². The van der Waals surface area contributed by atoms with Gasteiger partial charge in [0.05, 0.1) is 7.11 Å². The normalized spacial score (nSPS) is 9.94. The lowest BCUT2D eigenvalue weighted by Gasteiger charge is -2.04. The summed E-state index contributed by atoms with van der Waals surface area (Å²) < 4.78 is 10.5. The average Bonchev–Trinajstić information content (AvgIpc) is 2.79. The lowest BCUT2D eigenvalue weighted by atomic mass is 10.3. The van der Waals surface area contributed by atoms with Crippen LogP contribution in [0.3, 0.4) is 0 Å². The SMILES string of the molecule is COc1ccc(Oc2csc(C(=O)O)c2)cc1. The van der Waals surface area contributed by atoms with E-state index < -0.39 is 5.97 Å². The maximum atomic E-state index is 10.7. The highest BCUT2D eigenvalue weighted by molar-refractivity contribution is 7.12. The van der Waals surface area contributed by atoms with Gasteiger partial charge in [0, 0.05) is 11.4 Å². The molecule has 5 heteroatoms. The minimum atomic E-state index is -0.945. The molecule has 0 spiro atoms. The molecule has 1 aromatic heterocycles. The zero-order valence-corrected chi connectivity index (χ0v) is 9.86. The van der Waals surface area contributed by atoms with Gasteiger partial charge in [-0.3, -0.25) is 0 Å². The molecule has 0 saturated carbocycles. The molecular weight excluding hydrogens is 240 g/mol. The number of benzene rings is 1. The molecule has 0 aliphatic heterocycles. The fourth-order valence-corrected chi connectivity index (χ4v) is 1.91. The summed E-state index contributed by atoms with van der Waals surface area (Å²) in [7, 11) is 1.59. The molecule has 0 bridgehead atoms. The third kappa shape index (κ3) is 2.76. The van der Waals surface area contributed by atoms with Crippen LogP contribution in [-0.4, -0.2) is 18.2 Å². The van der Waals surface area contributed by atoms with Crippen molar-refractivity contribution in [3.63, 3.8) is 0 Å². The molecule has 0 atom stereocenters. The van der Waals surface area contributed by atoms with Gasteiger partial charge < -0.3 is 14.6 Å². The highest BCUT2D eigenvalue weighted by Crippen LogP contribution is 2.27. The van der Waals surface area contributed by atoms with Crippen LogP contribution in [0.4, 0.5) is 0 Å². The Morgan fingerprint density at radius 1 is 1.18 bits per heavy atom. The Labute approximate surface area is 102 Å². The van der Waals surface area contributed by atoms with Crippen LogP contribution < -0.4 is 9.47 Å². The van der Waals surface area contributed by atoms with E-state index in [4.69, 9.17) is 14.6 Å². The highest BCUT2D eigenvalue weighted by Gasteiger charge is 2.08. The molecule has 1 heterocycles. The van der Waals surface area contributed by atoms with E-state index in [9.17, 15) is 4.79 Å². The van der Waals surface area contributed by atoms with Gasteiger partial charge in [-0.15, -0.1) is 11.3 Å². The zero-order valence-electron chi connectivity index (χ0n) is 9.04. The Bertz CT molecular complexity index is 516. The van der Waals surface area contributed by atoms with Crippen LogP contribution in [0.25, 0.3) is 0 Å². The van der Waals surface area contributed by atoms with E-state index in [0.29, 0.717) is 11.5 Å². The fraction of sp³-hybridized carbons (Fsp3) is 0.0833. The molecule has 88 valence electrons. The maximum Gasteiger partial charge on any atom is 0.346 e. The van der Waals surface area contributed by atoms with Gasteiger partial charge in [-0.2, -0.15) is 0 Å². The quantitative estimate of drug-likeness (QED) is 0.905. The standard InChI is InChI=1S/C12H10O4S/c1-15-8-2-4-9(5-3-8)16-10-6-11(12(13)14)17-7-10/h2-7H,1H3,(H,13,14). The van der Waals surface area contributed by atoms with Gasteiger partial charge >= 0.3 is 5.97 Å². The van der Waals surface area contributed by atoms with Crippen LogP contribution >= 0.6 is 11.3 Å². The molecule has 4 nitrogen and oxygen atoms in total. The summed E-state index contributed by atoms with van der Waals surface area (Å²) in [4.78, 5) is 10.9. The van der Waals surface area contributed by atoms with Crippen LogP contribution in [0.15, 0.2) is 35.7 Å². The van der Waals surface area contributed by atoms with Crippen molar-refractivity contribution in [2.75, 3.05) is 7.11 Å². The lowest BCUT2D eigenvalue weighted by molar-refractivity contribution is 0.0702. The van der Waals surface area contributed by atoms with Gasteiger partial charge in [-0.1, -0.05) is 0 Å². The van der Waals surface area contributed by atoms with Gasteiger partial charge in [0.1, 0.15) is 22.1 Å². The Kier molecular flexibility index (Phi) is 3.30.